The molecule has 3 rings (SSSR count). The van der Waals surface area contributed by atoms with Gasteiger partial charge < -0.3 is 10.1 Å². The van der Waals surface area contributed by atoms with Gasteiger partial charge in [-0.15, -0.1) is 11.3 Å². The molecule has 2 aromatic heterocycles. The fraction of sp³-hybridized carbons (Fsp3) is 0.278. The number of rotatable bonds is 5. The van der Waals surface area contributed by atoms with E-state index in [0.29, 0.717) is 21.7 Å². The molecule has 2 heterocycles. The summed E-state index contributed by atoms with van der Waals surface area (Å²) in [5.74, 6) is -0.941. The van der Waals surface area contributed by atoms with Crippen molar-refractivity contribution < 1.29 is 18.3 Å². The first-order valence-corrected chi connectivity index (χ1v) is 11.2. The van der Waals surface area contributed by atoms with Crippen molar-refractivity contribution in [1.82, 2.24) is 4.98 Å². The first kappa shape index (κ1) is 18.9. The number of thiophene rings is 1. The van der Waals surface area contributed by atoms with E-state index in [4.69, 9.17) is 11.6 Å². The number of hydrogen-bond donors (Lipinski definition) is 2. The number of nitrogens with one attached hydrogen (secondary N) is 1. The Hall–Kier alpha value is -1.83. The zero-order valence-corrected chi connectivity index (χ0v) is 16.8. The van der Waals surface area contributed by atoms with Gasteiger partial charge in [0.05, 0.1) is 16.0 Å². The fourth-order valence-electron chi connectivity index (χ4n) is 2.95. The molecule has 138 valence electrons. The molecule has 3 aromatic rings. The van der Waals surface area contributed by atoms with Crippen LogP contribution in [-0.4, -0.2) is 30.7 Å². The second-order valence-electron chi connectivity index (χ2n) is 6.61. The van der Waals surface area contributed by atoms with E-state index in [-0.39, 0.29) is 17.4 Å². The van der Waals surface area contributed by atoms with Crippen molar-refractivity contribution in [3.63, 3.8) is 0 Å². The quantitative estimate of drug-likeness (QED) is 0.624. The Labute approximate surface area is 160 Å². The summed E-state index contributed by atoms with van der Waals surface area (Å²) in [7, 11) is -3.21. The van der Waals surface area contributed by atoms with E-state index in [1.54, 1.807) is 18.2 Å². The number of carbonyl (C=O) groups is 1. The number of H-pyrrole nitrogens is 1. The van der Waals surface area contributed by atoms with Gasteiger partial charge in [-0.05, 0) is 34.1 Å². The molecule has 0 aliphatic rings. The van der Waals surface area contributed by atoms with Crippen LogP contribution in [0.4, 0.5) is 0 Å². The molecule has 0 atom stereocenters. The lowest BCUT2D eigenvalue weighted by atomic mass is 10.0. The number of benzene rings is 1. The Kier molecular flexibility index (Phi) is 4.90. The molecule has 5 nitrogen and oxygen atoms in total. The molecule has 0 spiro atoms. The van der Waals surface area contributed by atoms with Crippen molar-refractivity contribution >= 4 is 49.0 Å². The first-order valence-electron chi connectivity index (χ1n) is 7.91. The van der Waals surface area contributed by atoms with Crippen molar-refractivity contribution in [2.24, 2.45) is 0 Å². The lowest BCUT2D eigenvalue weighted by Gasteiger charge is -2.07. The number of hydrogen-bond acceptors (Lipinski definition) is 4. The minimum Gasteiger partial charge on any atom is -0.477 e. The maximum absolute atomic E-state index is 11.7. The molecule has 1 aromatic carbocycles. The highest BCUT2D eigenvalue weighted by atomic mass is 35.5. The average Bonchev–Trinajstić information content (AvgIpc) is 3.06. The first-order chi connectivity index (χ1) is 12.1. The topological polar surface area (TPSA) is 87.2 Å². The van der Waals surface area contributed by atoms with E-state index in [1.807, 2.05) is 5.38 Å². The maximum atomic E-state index is 11.7. The number of aromatic amines is 1. The molecule has 0 saturated carbocycles. The second kappa shape index (κ2) is 6.72. The van der Waals surface area contributed by atoms with Gasteiger partial charge in [-0.25, -0.2) is 13.2 Å². The van der Waals surface area contributed by atoms with Crippen LogP contribution in [0, 0.1) is 0 Å². The molecule has 0 unspecified atom stereocenters. The van der Waals surface area contributed by atoms with Crippen LogP contribution < -0.4 is 0 Å². The van der Waals surface area contributed by atoms with Crippen LogP contribution in [0.2, 0.25) is 5.02 Å². The molecule has 0 bridgehead atoms. The van der Waals surface area contributed by atoms with Crippen LogP contribution in [0.25, 0.3) is 21.3 Å². The van der Waals surface area contributed by atoms with E-state index < -0.39 is 15.8 Å². The minimum absolute atomic E-state index is 0.112. The highest BCUT2D eigenvalue weighted by Gasteiger charge is 2.23. The summed E-state index contributed by atoms with van der Waals surface area (Å²) in [5, 5.41) is 11.9. The molecule has 0 radical (unpaired) electrons. The number of aromatic nitrogens is 1. The number of sulfone groups is 1. The Morgan fingerprint density at radius 2 is 2.04 bits per heavy atom. The largest absolute Gasteiger partial charge is 0.477 e. The molecule has 26 heavy (non-hydrogen) atoms. The third-order valence-electron chi connectivity index (χ3n) is 4.14. The van der Waals surface area contributed by atoms with Gasteiger partial charge in [-0.3, -0.25) is 0 Å². The van der Waals surface area contributed by atoms with E-state index >= 15 is 0 Å². The fourth-order valence-corrected chi connectivity index (χ4v) is 5.35. The Bertz CT molecular complexity index is 1110. The van der Waals surface area contributed by atoms with Gasteiger partial charge in [-0.1, -0.05) is 37.6 Å². The summed E-state index contributed by atoms with van der Waals surface area (Å²) < 4.78 is 23.9. The Morgan fingerprint density at radius 1 is 1.35 bits per heavy atom. The van der Waals surface area contributed by atoms with Crippen molar-refractivity contribution in [3.8, 4) is 11.1 Å². The van der Waals surface area contributed by atoms with Crippen LogP contribution in [0.1, 0.15) is 41.4 Å². The van der Waals surface area contributed by atoms with Gasteiger partial charge >= 0.3 is 5.97 Å². The van der Waals surface area contributed by atoms with Crippen LogP contribution in [-0.2, 0) is 15.6 Å². The number of carboxylic acid groups (broad SMARTS) is 1. The zero-order chi connectivity index (χ0) is 19.2. The van der Waals surface area contributed by atoms with Gasteiger partial charge in [0, 0.05) is 16.8 Å². The van der Waals surface area contributed by atoms with E-state index in [9.17, 15) is 18.3 Å². The van der Waals surface area contributed by atoms with Crippen LogP contribution in [0.15, 0.2) is 23.6 Å². The van der Waals surface area contributed by atoms with Crippen LogP contribution >= 0.6 is 22.9 Å². The van der Waals surface area contributed by atoms with Gasteiger partial charge in [0.2, 0.25) is 0 Å². The second-order valence-corrected chi connectivity index (χ2v) is 10.0. The average molecular weight is 412 g/mol. The lowest BCUT2D eigenvalue weighted by Crippen LogP contribution is -2.02. The van der Waals surface area contributed by atoms with Crippen molar-refractivity contribution in [1.29, 1.82) is 0 Å². The molecule has 8 heteroatoms. The lowest BCUT2D eigenvalue weighted by molar-refractivity contribution is 0.0692. The molecule has 0 amide bonds. The van der Waals surface area contributed by atoms with Crippen LogP contribution in [0.5, 0.6) is 0 Å². The summed E-state index contributed by atoms with van der Waals surface area (Å²) in [6.07, 6.45) is 1.15. The summed E-state index contributed by atoms with van der Waals surface area (Å²) in [4.78, 5) is 14.8. The van der Waals surface area contributed by atoms with Gasteiger partial charge in [-0.2, -0.15) is 0 Å². The summed E-state index contributed by atoms with van der Waals surface area (Å²) >= 11 is 7.76. The number of aromatic carboxylic acids is 1. The molecule has 0 aliphatic carbocycles. The summed E-state index contributed by atoms with van der Waals surface area (Å²) in [5.41, 5.74) is 3.73. The van der Waals surface area contributed by atoms with Crippen molar-refractivity contribution in [3.05, 3.63) is 45.4 Å². The molecule has 0 aliphatic heterocycles. The SMILES string of the molecule is CC(C)c1csc2c(-c3ccc(CS(C)(=O)=O)c(Cl)c3)c(C(=O)O)[nH]c12. The highest BCUT2D eigenvalue weighted by molar-refractivity contribution is 7.89. The number of halogens is 1. The number of fused-ring (bicyclic) bond motifs is 1. The normalized spacial score (nSPS) is 12.2. The van der Waals surface area contributed by atoms with E-state index in [0.717, 1.165) is 22.0 Å². The Morgan fingerprint density at radius 3 is 2.58 bits per heavy atom. The highest BCUT2D eigenvalue weighted by Crippen LogP contribution is 2.41. The molecule has 2 N–H and O–H groups in total. The van der Waals surface area contributed by atoms with E-state index in [1.165, 1.54) is 11.3 Å². The monoisotopic (exact) mass is 411 g/mol. The summed E-state index contributed by atoms with van der Waals surface area (Å²) in [6.45, 7) is 4.11. The number of carboxylic acids is 1. The smallest absolute Gasteiger partial charge is 0.353 e. The third-order valence-corrected chi connectivity index (χ3v) is 6.34. The Balaban J connectivity index is 2.20. The summed E-state index contributed by atoms with van der Waals surface area (Å²) in [6, 6.07) is 4.99. The maximum Gasteiger partial charge on any atom is 0.353 e. The van der Waals surface area contributed by atoms with Gasteiger partial charge in [0.1, 0.15) is 5.69 Å². The third kappa shape index (κ3) is 3.51. The zero-order valence-electron chi connectivity index (χ0n) is 14.5. The standard InChI is InChI=1S/C18H18ClNO4S2/c1-9(2)12-7-25-17-14(16(18(21)22)20-15(12)17)10-4-5-11(13(19)6-10)8-26(3,23)24/h4-7,9,20H,8H2,1-3H3,(H,21,22). The van der Waals surface area contributed by atoms with Crippen molar-refractivity contribution in [2.45, 2.75) is 25.5 Å². The molecule has 0 fully saturated rings. The minimum atomic E-state index is -3.21. The predicted octanol–water partition coefficient (Wildman–Crippen LogP) is 4.92. The van der Waals surface area contributed by atoms with Gasteiger partial charge in [0.15, 0.2) is 9.84 Å². The van der Waals surface area contributed by atoms with Gasteiger partial charge in [0.25, 0.3) is 0 Å². The predicted molar refractivity (Wildman–Crippen MR) is 106 cm³/mol. The van der Waals surface area contributed by atoms with Crippen LogP contribution in [0.3, 0.4) is 0 Å². The molecular weight excluding hydrogens is 394 g/mol. The molecule has 0 saturated heterocycles. The molecular formula is C18H18ClNO4S2. The van der Waals surface area contributed by atoms with Crippen molar-refractivity contribution in [2.75, 3.05) is 6.26 Å². The van der Waals surface area contributed by atoms with E-state index in [2.05, 4.69) is 18.8 Å².